The van der Waals surface area contributed by atoms with E-state index >= 15 is 0 Å². The van der Waals surface area contributed by atoms with Crippen molar-refractivity contribution in [2.75, 3.05) is 25.4 Å². The van der Waals surface area contributed by atoms with Gasteiger partial charge in [0.25, 0.3) is 0 Å². The number of thioether (sulfide) groups is 1. The minimum absolute atomic E-state index is 0.327. The molecule has 0 spiro atoms. The molecule has 1 rings (SSSR count). The van der Waals surface area contributed by atoms with Crippen LogP contribution in [0, 0.1) is 0 Å². The molecular weight excluding hydrogens is 158 g/mol. The summed E-state index contributed by atoms with van der Waals surface area (Å²) in [6.45, 7) is 6.99. The van der Waals surface area contributed by atoms with Crippen molar-refractivity contribution < 1.29 is 5.11 Å². The topological polar surface area (TPSA) is 23.5 Å². The molecule has 0 bridgehead atoms. The number of hydrogen-bond acceptors (Lipinski definition) is 3. The lowest BCUT2D eigenvalue weighted by molar-refractivity contribution is 0.199. The Morgan fingerprint density at radius 1 is 1.64 bits per heavy atom. The fraction of sp³-hybridized carbons (Fsp3) is 1.00. The molecule has 0 radical (unpaired) electrons. The van der Waals surface area contributed by atoms with E-state index in [1.807, 2.05) is 11.8 Å². The Bertz CT molecular complexity index is 119. The molecule has 1 heterocycles. The molecular formula is C8H17NOS. The van der Waals surface area contributed by atoms with Crippen molar-refractivity contribution in [3.8, 4) is 0 Å². The summed E-state index contributed by atoms with van der Waals surface area (Å²) in [5.74, 6) is 1.17. The van der Waals surface area contributed by atoms with Crippen LogP contribution in [0.15, 0.2) is 0 Å². The molecule has 0 amide bonds. The minimum atomic E-state index is 0.327. The van der Waals surface area contributed by atoms with Crippen LogP contribution in [-0.2, 0) is 0 Å². The average Bonchev–Trinajstić information content (AvgIpc) is 2.05. The molecule has 1 fully saturated rings. The van der Waals surface area contributed by atoms with Crippen molar-refractivity contribution in [2.45, 2.75) is 25.1 Å². The lowest BCUT2D eigenvalue weighted by Crippen LogP contribution is -2.43. The maximum Gasteiger partial charge on any atom is 0.0562 e. The molecule has 2 nitrogen and oxygen atoms in total. The van der Waals surface area contributed by atoms with E-state index in [1.165, 1.54) is 12.3 Å². The van der Waals surface area contributed by atoms with Crippen LogP contribution in [0.2, 0.25) is 0 Å². The Morgan fingerprint density at radius 2 is 2.36 bits per heavy atom. The highest BCUT2D eigenvalue weighted by Gasteiger charge is 2.20. The first kappa shape index (κ1) is 9.36. The summed E-state index contributed by atoms with van der Waals surface area (Å²) in [4.78, 5) is 2.43. The first-order valence-corrected chi connectivity index (χ1v) is 5.25. The average molecular weight is 175 g/mol. The first-order valence-electron chi connectivity index (χ1n) is 4.20. The lowest BCUT2D eigenvalue weighted by Gasteiger charge is -2.34. The van der Waals surface area contributed by atoms with Gasteiger partial charge in [-0.3, -0.25) is 4.90 Å². The Morgan fingerprint density at radius 3 is 2.91 bits per heavy atom. The first-order chi connectivity index (χ1) is 5.24. The predicted molar refractivity (Wildman–Crippen MR) is 50.0 cm³/mol. The lowest BCUT2D eigenvalue weighted by atomic mass is 10.3. The van der Waals surface area contributed by atoms with Gasteiger partial charge < -0.3 is 5.11 Å². The SMILES string of the molecule is CC(C)N1CCSC(CO)C1. The van der Waals surface area contributed by atoms with E-state index in [9.17, 15) is 0 Å². The third kappa shape index (κ3) is 2.65. The van der Waals surface area contributed by atoms with Crippen molar-refractivity contribution >= 4 is 11.8 Å². The Kier molecular flexibility index (Phi) is 3.69. The summed E-state index contributed by atoms with van der Waals surface area (Å²) in [5.41, 5.74) is 0. The van der Waals surface area contributed by atoms with Crippen LogP contribution < -0.4 is 0 Å². The van der Waals surface area contributed by atoms with Crippen molar-refractivity contribution in [2.24, 2.45) is 0 Å². The van der Waals surface area contributed by atoms with Gasteiger partial charge in [0, 0.05) is 30.1 Å². The monoisotopic (exact) mass is 175 g/mol. The van der Waals surface area contributed by atoms with Gasteiger partial charge in [0.2, 0.25) is 0 Å². The van der Waals surface area contributed by atoms with E-state index in [-0.39, 0.29) is 0 Å². The standard InChI is InChI=1S/C8H17NOS/c1-7(2)9-3-4-11-8(5-9)6-10/h7-8,10H,3-6H2,1-2H3. The molecule has 1 saturated heterocycles. The maximum absolute atomic E-state index is 8.94. The van der Waals surface area contributed by atoms with Gasteiger partial charge in [-0.1, -0.05) is 0 Å². The number of rotatable bonds is 2. The zero-order chi connectivity index (χ0) is 8.27. The summed E-state index contributed by atoms with van der Waals surface area (Å²) in [6.07, 6.45) is 0. The summed E-state index contributed by atoms with van der Waals surface area (Å²) >= 11 is 1.89. The molecule has 0 saturated carbocycles. The van der Waals surface area contributed by atoms with Crippen molar-refractivity contribution in [3.05, 3.63) is 0 Å². The normalized spacial score (nSPS) is 27.8. The van der Waals surface area contributed by atoms with Gasteiger partial charge >= 0.3 is 0 Å². The molecule has 0 aromatic heterocycles. The second kappa shape index (κ2) is 4.33. The minimum Gasteiger partial charge on any atom is -0.395 e. The summed E-state index contributed by atoms with van der Waals surface area (Å²) in [5, 5.41) is 9.39. The molecule has 1 atom stereocenters. The van der Waals surface area contributed by atoms with Crippen LogP contribution >= 0.6 is 11.8 Å². The van der Waals surface area contributed by atoms with Crippen molar-refractivity contribution in [1.82, 2.24) is 4.90 Å². The van der Waals surface area contributed by atoms with E-state index < -0.39 is 0 Å². The highest BCUT2D eigenvalue weighted by molar-refractivity contribution is 8.00. The van der Waals surface area contributed by atoms with Gasteiger partial charge in [0.05, 0.1) is 6.61 Å². The highest BCUT2D eigenvalue weighted by Crippen LogP contribution is 2.19. The second-order valence-electron chi connectivity index (χ2n) is 3.26. The largest absolute Gasteiger partial charge is 0.395 e. The fourth-order valence-electron chi connectivity index (χ4n) is 1.32. The van der Waals surface area contributed by atoms with E-state index in [0.29, 0.717) is 17.9 Å². The molecule has 1 N–H and O–H groups in total. The predicted octanol–water partition coefficient (Wildman–Crippen LogP) is 0.804. The van der Waals surface area contributed by atoms with Gasteiger partial charge in [-0.2, -0.15) is 11.8 Å². The van der Waals surface area contributed by atoms with E-state index in [1.54, 1.807) is 0 Å². The van der Waals surface area contributed by atoms with Crippen molar-refractivity contribution in [3.63, 3.8) is 0 Å². The highest BCUT2D eigenvalue weighted by atomic mass is 32.2. The Balaban J connectivity index is 2.33. The van der Waals surface area contributed by atoms with Gasteiger partial charge in [-0.05, 0) is 13.8 Å². The van der Waals surface area contributed by atoms with E-state index in [2.05, 4.69) is 18.7 Å². The zero-order valence-electron chi connectivity index (χ0n) is 7.29. The Hall–Kier alpha value is 0.270. The summed E-state index contributed by atoms with van der Waals surface area (Å²) in [7, 11) is 0. The number of aliphatic hydroxyl groups excluding tert-OH is 1. The smallest absolute Gasteiger partial charge is 0.0562 e. The maximum atomic E-state index is 8.94. The summed E-state index contributed by atoms with van der Waals surface area (Å²) in [6, 6.07) is 0.630. The molecule has 1 aliphatic heterocycles. The van der Waals surface area contributed by atoms with Crippen LogP contribution in [0.25, 0.3) is 0 Å². The van der Waals surface area contributed by atoms with Gasteiger partial charge in [-0.15, -0.1) is 0 Å². The molecule has 0 aromatic rings. The molecule has 11 heavy (non-hydrogen) atoms. The Labute approximate surface area is 73.0 Å². The van der Waals surface area contributed by atoms with E-state index in [0.717, 1.165) is 6.54 Å². The number of nitrogens with zero attached hydrogens (tertiary/aromatic N) is 1. The third-order valence-corrected chi connectivity index (χ3v) is 3.29. The fourth-order valence-corrected chi connectivity index (χ4v) is 2.40. The van der Waals surface area contributed by atoms with Crippen LogP contribution in [0.1, 0.15) is 13.8 Å². The second-order valence-corrected chi connectivity index (χ2v) is 4.67. The van der Waals surface area contributed by atoms with E-state index in [4.69, 9.17) is 5.11 Å². The van der Waals surface area contributed by atoms with Gasteiger partial charge in [-0.25, -0.2) is 0 Å². The van der Waals surface area contributed by atoms with Crippen LogP contribution in [0.5, 0.6) is 0 Å². The van der Waals surface area contributed by atoms with Crippen molar-refractivity contribution in [1.29, 1.82) is 0 Å². The number of hydrogen-bond donors (Lipinski definition) is 1. The molecule has 66 valence electrons. The quantitative estimate of drug-likeness (QED) is 0.671. The number of aliphatic hydroxyl groups is 1. The van der Waals surface area contributed by atoms with Gasteiger partial charge in [0.1, 0.15) is 0 Å². The summed E-state index contributed by atoms with van der Waals surface area (Å²) < 4.78 is 0. The van der Waals surface area contributed by atoms with Crippen LogP contribution in [0.3, 0.4) is 0 Å². The molecule has 3 heteroatoms. The molecule has 1 unspecified atom stereocenters. The van der Waals surface area contributed by atoms with Crippen LogP contribution in [0.4, 0.5) is 0 Å². The molecule has 1 aliphatic rings. The van der Waals surface area contributed by atoms with Gasteiger partial charge in [0.15, 0.2) is 0 Å². The van der Waals surface area contributed by atoms with Crippen LogP contribution in [-0.4, -0.2) is 46.7 Å². The third-order valence-electron chi connectivity index (χ3n) is 2.10. The zero-order valence-corrected chi connectivity index (χ0v) is 8.10. The molecule has 0 aliphatic carbocycles. The molecule has 0 aromatic carbocycles.